The number of fused-ring (bicyclic) bond motifs is 1. The van der Waals surface area contributed by atoms with Crippen molar-refractivity contribution in [2.45, 2.75) is 26.3 Å². The molecular formula is C12H14N2. The quantitative estimate of drug-likeness (QED) is 0.723. The molecule has 0 saturated carbocycles. The Bertz CT molecular complexity index is 403. The molecule has 1 aromatic rings. The van der Waals surface area contributed by atoms with Crippen molar-refractivity contribution in [3.05, 3.63) is 41.1 Å². The van der Waals surface area contributed by atoms with Crippen molar-refractivity contribution in [3.8, 4) is 0 Å². The van der Waals surface area contributed by atoms with Crippen LogP contribution >= 0.6 is 0 Å². The molecule has 1 atom stereocenters. The van der Waals surface area contributed by atoms with Crippen LogP contribution in [0.25, 0.3) is 5.70 Å². The average Bonchev–Trinajstić information content (AvgIpc) is 2.68. The van der Waals surface area contributed by atoms with Crippen LogP contribution in [0.1, 0.15) is 24.5 Å². The lowest BCUT2D eigenvalue weighted by atomic mass is 10.1. The lowest BCUT2D eigenvalue weighted by Crippen LogP contribution is -2.25. The minimum absolute atomic E-state index is 0.610. The van der Waals surface area contributed by atoms with Gasteiger partial charge < -0.3 is 0 Å². The Kier molecular flexibility index (Phi) is 1.50. The summed E-state index contributed by atoms with van der Waals surface area (Å²) in [6.07, 6.45) is 1.17. The van der Waals surface area contributed by atoms with Gasteiger partial charge in [0.25, 0.3) is 0 Å². The Morgan fingerprint density at radius 1 is 1.29 bits per heavy atom. The highest BCUT2D eigenvalue weighted by Gasteiger charge is 2.41. The molecule has 1 aromatic carbocycles. The third kappa shape index (κ3) is 1.07. The van der Waals surface area contributed by atoms with E-state index in [2.05, 4.69) is 48.5 Å². The van der Waals surface area contributed by atoms with Crippen LogP contribution in [0.3, 0.4) is 0 Å². The maximum atomic E-state index is 3.41. The van der Waals surface area contributed by atoms with Crippen molar-refractivity contribution < 1.29 is 0 Å². The Labute approximate surface area is 84.2 Å². The fourth-order valence-electron chi connectivity index (χ4n) is 2.09. The van der Waals surface area contributed by atoms with Crippen LogP contribution in [-0.4, -0.2) is 11.1 Å². The van der Waals surface area contributed by atoms with Crippen LogP contribution < -0.4 is 5.43 Å². The Balaban J connectivity index is 1.89. The number of hydrogen-bond acceptors (Lipinski definition) is 2. The van der Waals surface area contributed by atoms with Crippen molar-refractivity contribution in [2.75, 3.05) is 0 Å². The smallest absolute Gasteiger partial charge is 0.0857 e. The zero-order valence-electron chi connectivity index (χ0n) is 8.54. The van der Waals surface area contributed by atoms with Gasteiger partial charge in [0.1, 0.15) is 0 Å². The minimum atomic E-state index is 0.610. The standard InChI is InChI=1S/C12H14N2/c1-8-3-5-10(6-4-8)12-11-7-9(2)13-14(11)12/h3-6,9,13H,7H2,1-2H3. The second-order valence-corrected chi connectivity index (χ2v) is 4.23. The van der Waals surface area contributed by atoms with Crippen molar-refractivity contribution in [1.82, 2.24) is 10.4 Å². The van der Waals surface area contributed by atoms with Gasteiger partial charge in [0.15, 0.2) is 0 Å². The number of hydrogen-bond donors (Lipinski definition) is 1. The molecule has 0 radical (unpaired) electrons. The van der Waals surface area contributed by atoms with E-state index in [1.54, 1.807) is 0 Å². The van der Waals surface area contributed by atoms with E-state index >= 15 is 0 Å². The molecule has 2 heteroatoms. The first-order chi connectivity index (χ1) is 6.75. The van der Waals surface area contributed by atoms with E-state index < -0.39 is 0 Å². The molecule has 2 aliphatic rings. The van der Waals surface area contributed by atoms with Crippen LogP contribution in [0, 0.1) is 6.92 Å². The molecule has 0 spiro atoms. The third-order valence-electron chi connectivity index (χ3n) is 2.89. The second kappa shape index (κ2) is 2.61. The van der Waals surface area contributed by atoms with E-state index in [1.165, 1.54) is 28.9 Å². The van der Waals surface area contributed by atoms with Crippen LogP contribution in [0.2, 0.25) is 0 Å². The van der Waals surface area contributed by atoms with Crippen LogP contribution in [0.4, 0.5) is 0 Å². The summed E-state index contributed by atoms with van der Waals surface area (Å²) in [5, 5.41) is 2.22. The molecule has 0 aliphatic carbocycles. The van der Waals surface area contributed by atoms with Gasteiger partial charge in [0, 0.05) is 18.0 Å². The van der Waals surface area contributed by atoms with Gasteiger partial charge in [-0.15, -0.1) is 0 Å². The largest absolute Gasteiger partial charge is 0.276 e. The first-order valence-electron chi connectivity index (χ1n) is 5.12. The van der Waals surface area contributed by atoms with Gasteiger partial charge in [-0.3, -0.25) is 5.01 Å². The molecule has 1 fully saturated rings. The van der Waals surface area contributed by atoms with E-state index in [4.69, 9.17) is 0 Å². The summed E-state index contributed by atoms with van der Waals surface area (Å²) in [4.78, 5) is 0. The van der Waals surface area contributed by atoms with Crippen molar-refractivity contribution >= 4 is 5.70 Å². The Morgan fingerprint density at radius 2 is 2.00 bits per heavy atom. The molecule has 0 aromatic heterocycles. The summed E-state index contributed by atoms with van der Waals surface area (Å²) in [6, 6.07) is 9.34. The molecule has 72 valence electrons. The topological polar surface area (TPSA) is 15.0 Å². The SMILES string of the molecule is Cc1ccc(C2=C3CC(C)NN32)cc1. The van der Waals surface area contributed by atoms with Gasteiger partial charge >= 0.3 is 0 Å². The second-order valence-electron chi connectivity index (χ2n) is 4.23. The van der Waals surface area contributed by atoms with Gasteiger partial charge in [0.2, 0.25) is 0 Å². The Hall–Kier alpha value is -1.28. The molecule has 14 heavy (non-hydrogen) atoms. The molecule has 2 aliphatic heterocycles. The lowest BCUT2D eigenvalue weighted by Gasteiger charge is -2.08. The molecule has 1 saturated heterocycles. The predicted molar refractivity (Wildman–Crippen MR) is 57.2 cm³/mol. The van der Waals surface area contributed by atoms with Crippen molar-refractivity contribution in [3.63, 3.8) is 0 Å². The van der Waals surface area contributed by atoms with Gasteiger partial charge in [-0.1, -0.05) is 29.8 Å². The summed E-state index contributed by atoms with van der Waals surface area (Å²) in [7, 11) is 0. The van der Waals surface area contributed by atoms with Crippen LogP contribution in [0.5, 0.6) is 0 Å². The molecule has 0 bridgehead atoms. The van der Waals surface area contributed by atoms with Gasteiger partial charge in [-0.2, -0.15) is 0 Å². The van der Waals surface area contributed by atoms with Crippen LogP contribution in [-0.2, 0) is 0 Å². The number of nitrogens with zero attached hydrogens (tertiary/aromatic N) is 1. The highest BCUT2D eigenvalue weighted by molar-refractivity contribution is 5.80. The molecule has 1 unspecified atom stereocenters. The van der Waals surface area contributed by atoms with Gasteiger partial charge in [-0.05, 0) is 13.8 Å². The number of hydrazine groups is 1. The number of rotatable bonds is 1. The zero-order valence-corrected chi connectivity index (χ0v) is 8.54. The fourth-order valence-corrected chi connectivity index (χ4v) is 2.09. The first kappa shape index (κ1) is 8.06. The fraction of sp³-hybridized carbons (Fsp3) is 0.333. The third-order valence-corrected chi connectivity index (χ3v) is 2.89. The molecule has 2 nitrogen and oxygen atoms in total. The zero-order chi connectivity index (χ0) is 9.71. The molecular weight excluding hydrogens is 172 g/mol. The lowest BCUT2D eigenvalue weighted by molar-refractivity contribution is 0.442. The van der Waals surface area contributed by atoms with Crippen molar-refractivity contribution in [2.24, 2.45) is 0 Å². The van der Waals surface area contributed by atoms with E-state index in [0.717, 1.165) is 0 Å². The summed E-state index contributed by atoms with van der Waals surface area (Å²) in [5.41, 5.74) is 8.94. The highest BCUT2D eigenvalue weighted by Crippen LogP contribution is 2.45. The monoisotopic (exact) mass is 186 g/mol. The minimum Gasteiger partial charge on any atom is -0.276 e. The summed E-state index contributed by atoms with van der Waals surface area (Å²) in [5.74, 6) is 0. The predicted octanol–water partition coefficient (Wildman–Crippen LogP) is 2.28. The van der Waals surface area contributed by atoms with E-state index in [-0.39, 0.29) is 0 Å². The maximum absolute atomic E-state index is 3.41. The van der Waals surface area contributed by atoms with E-state index in [1.807, 2.05) is 0 Å². The molecule has 1 N–H and O–H groups in total. The normalized spacial score (nSPS) is 24.1. The molecule has 3 rings (SSSR count). The molecule has 0 amide bonds. The summed E-state index contributed by atoms with van der Waals surface area (Å²) >= 11 is 0. The number of nitrogens with one attached hydrogen (secondary N) is 1. The van der Waals surface area contributed by atoms with E-state index in [9.17, 15) is 0 Å². The van der Waals surface area contributed by atoms with Crippen molar-refractivity contribution in [1.29, 1.82) is 0 Å². The van der Waals surface area contributed by atoms with Gasteiger partial charge in [0.05, 0.1) is 11.4 Å². The summed E-state index contributed by atoms with van der Waals surface area (Å²) < 4.78 is 0. The van der Waals surface area contributed by atoms with Crippen LogP contribution in [0.15, 0.2) is 30.0 Å². The first-order valence-corrected chi connectivity index (χ1v) is 5.12. The number of benzene rings is 1. The maximum Gasteiger partial charge on any atom is 0.0857 e. The molecule has 2 heterocycles. The van der Waals surface area contributed by atoms with Gasteiger partial charge in [-0.25, -0.2) is 5.43 Å². The number of aryl methyl sites for hydroxylation is 1. The summed E-state index contributed by atoms with van der Waals surface area (Å²) in [6.45, 7) is 4.34. The Morgan fingerprint density at radius 3 is 2.57 bits per heavy atom. The highest BCUT2D eigenvalue weighted by atomic mass is 15.6. The van der Waals surface area contributed by atoms with E-state index in [0.29, 0.717) is 6.04 Å². The average molecular weight is 186 g/mol.